The monoisotopic (exact) mass is 220 g/mol. The van der Waals surface area contributed by atoms with Crippen LogP contribution in [0.15, 0.2) is 18.5 Å². The lowest BCUT2D eigenvalue weighted by Crippen LogP contribution is -2.51. The summed E-state index contributed by atoms with van der Waals surface area (Å²) in [5, 5.41) is 2.25. The maximum Gasteiger partial charge on any atom is 0.246 e. The standard InChI is InChI=1S/C10H12N4O2/c11-3-7-1-2-12-4-8(7)14-5-9(15)13-10(16)6-14/h1-2,4H,3,5-6,11H2,(H,13,15,16). The number of pyridine rings is 1. The molecule has 1 aliphatic rings. The van der Waals surface area contributed by atoms with Crippen molar-refractivity contribution >= 4 is 17.5 Å². The molecule has 0 bridgehead atoms. The van der Waals surface area contributed by atoms with Crippen LogP contribution in [0.25, 0.3) is 0 Å². The minimum atomic E-state index is -0.303. The quantitative estimate of drug-likeness (QED) is 0.624. The Kier molecular flexibility index (Phi) is 2.82. The largest absolute Gasteiger partial charge is 0.351 e. The molecule has 1 saturated heterocycles. The zero-order chi connectivity index (χ0) is 11.5. The molecule has 0 unspecified atom stereocenters. The number of hydrogen-bond acceptors (Lipinski definition) is 5. The van der Waals surface area contributed by atoms with Crippen molar-refractivity contribution in [1.29, 1.82) is 0 Å². The van der Waals surface area contributed by atoms with Crippen LogP contribution in [0, 0.1) is 0 Å². The highest BCUT2D eigenvalue weighted by molar-refractivity contribution is 6.02. The zero-order valence-corrected chi connectivity index (χ0v) is 8.64. The van der Waals surface area contributed by atoms with E-state index in [9.17, 15) is 9.59 Å². The summed E-state index contributed by atoms with van der Waals surface area (Å²) in [6.07, 6.45) is 3.26. The summed E-state index contributed by atoms with van der Waals surface area (Å²) >= 11 is 0. The summed E-state index contributed by atoms with van der Waals surface area (Å²) in [6.45, 7) is 0.666. The van der Waals surface area contributed by atoms with Gasteiger partial charge in [-0.1, -0.05) is 0 Å². The van der Waals surface area contributed by atoms with Crippen LogP contribution in [-0.4, -0.2) is 29.9 Å². The number of amides is 2. The molecule has 2 heterocycles. The summed E-state index contributed by atoms with van der Waals surface area (Å²) in [6, 6.07) is 1.78. The molecule has 0 aliphatic carbocycles. The van der Waals surface area contributed by atoms with Crippen LogP contribution in [0.5, 0.6) is 0 Å². The highest BCUT2D eigenvalue weighted by atomic mass is 16.2. The van der Waals surface area contributed by atoms with Gasteiger partial charge in [-0.05, 0) is 11.6 Å². The minimum absolute atomic E-state index is 0.157. The molecule has 1 fully saturated rings. The number of carbonyl (C=O) groups is 2. The Morgan fingerprint density at radius 2 is 2.06 bits per heavy atom. The number of aromatic nitrogens is 1. The molecular weight excluding hydrogens is 208 g/mol. The predicted molar refractivity (Wildman–Crippen MR) is 57.5 cm³/mol. The van der Waals surface area contributed by atoms with Gasteiger partial charge < -0.3 is 10.6 Å². The first kappa shape index (κ1) is 10.6. The summed E-state index contributed by atoms with van der Waals surface area (Å²) in [7, 11) is 0. The SMILES string of the molecule is NCc1ccncc1N1CC(=O)NC(=O)C1. The zero-order valence-electron chi connectivity index (χ0n) is 8.64. The highest BCUT2D eigenvalue weighted by Gasteiger charge is 2.23. The lowest BCUT2D eigenvalue weighted by molar-refractivity contribution is -0.130. The molecule has 84 valence electrons. The fraction of sp³-hybridized carbons (Fsp3) is 0.300. The van der Waals surface area contributed by atoms with Crippen molar-refractivity contribution in [3.05, 3.63) is 24.0 Å². The summed E-state index contributed by atoms with van der Waals surface area (Å²) < 4.78 is 0. The Bertz CT molecular complexity index is 417. The lowest BCUT2D eigenvalue weighted by Gasteiger charge is -2.28. The number of nitrogens with two attached hydrogens (primary N) is 1. The molecule has 0 atom stereocenters. The normalized spacial score (nSPS) is 16.2. The van der Waals surface area contributed by atoms with E-state index in [4.69, 9.17) is 5.73 Å². The van der Waals surface area contributed by atoms with Crippen molar-refractivity contribution < 1.29 is 9.59 Å². The fourth-order valence-electron chi connectivity index (χ4n) is 1.68. The average Bonchev–Trinajstić information content (AvgIpc) is 2.27. The molecule has 3 N–H and O–H groups in total. The molecule has 6 heteroatoms. The second-order valence-corrected chi connectivity index (χ2v) is 3.54. The first-order chi connectivity index (χ1) is 7.70. The van der Waals surface area contributed by atoms with Crippen LogP contribution in [0.2, 0.25) is 0 Å². The Hall–Kier alpha value is -1.95. The van der Waals surface area contributed by atoms with E-state index in [0.717, 1.165) is 11.3 Å². The first-order valence-corrected chi connectivity index (χ1v) is 4.91. The van der Waals surface area contributed by atoms with E-state index >= 15 is 0 Å². The third-order valence-corrected chi connectivity index (χ3v) is 2.40. The fourth-order valence-corrected chi connectivity index (χ4v) is 1.68. The van der Waals surface area contributed by atoms with E-state index in [-0.39, 0.29) is 24.9 Å². The van der Waals surface area contributed by atoms with Gasteiger partial charge in [0.1, 0.15) is 0 Å². The van der Waals surface area contributed by atoms with E-state index in [1.807, 2.05) is 0 Å². The van der Waals surface area contributed by atoms with E-state index < -0.39 is 0 Å². The number of nitrogens with zero attached hydrogens (tertiary/aromatic N) is 2. The van der Waals surface area contributed by atoms with Crippen LogP contribution >= 0.6 is 0 Å². The van der Waals surface area contributed by atoms with E-state index in [1.165, 1.54) is 0 Å². The summed E-state index contributed by atoms with van der Waals surface area (Å²) in [4.78, 5) is 28.1. The van der Waals surface area contributed by atoms with Gasteiger partial charge in [0.05, 0.1) is 25.0 Å². The topological polar surface area (TPSA) is 88.3 Å². The van der Waals surface area contributed by atoms with Crippen LogP contribution < -0.4 is 16.0 Å². The molecule has 1 aliphatic heterocycles. The number of piperazine rings is 1. The second-order valence-electron chi connectivity index (χ2n) is 3.54. The van der Waals surface area contributed by atoms with Crippen molar-refractivity contribution in [3.8, 4) is 0 Å². The van der Waals surface area contributed by atoms with Gasteiger partial charge in [-0.25, -0.2) is 0 Å². The number of rotatable bonds is 2. The lowest BCUT2D eigenvalue weighted by atomic mass is 10.2. The molecule has 2 rings (SSSR count). The molecule has 1 aromatic rings. The van der Waals surface area contributed by atoms with Crippen molar-refractivity contribution in [3.63, 3.8) is 0 Å². The smallest absolute Gasteiger partial charge is 0.246 e. The molecular formula is C10H12N4O2. The molecule has 1 aromatic heterocycles. The van der Waals surface area contributed by atoms with Crippen LogP contribution in [-0.2, 0) is 16.1 Å². The molecule has 0 aromatic carbocycles. The Morgan fingerprint density at radius 1 is 1.38 bits per heavy atom. The van der Waals surface area contributed by atoms with Gasteiger partial charge in [0.25, 0.3) is 0 Å². The van der Waals surface area contributed by atoms with Gasteiger partial charge in [0.2, 0.25) is 11.8 Å². The predicted octanol–water partition coefficient (Wildman–Crippen LogP) is -0.997. The molecule has 0 radical (unpaired) electrons. The van der Waals surface area contributed by atoms with Crippen molar-refractivity contribution in [1.82, 2.24) is 10.3 Å². The number of anilines is 1. The van der Waals surface area contributed by atoms with Crippen molar-refractivity contribution in [2.24, 2.45) is 5.73 Å². The van der Waals surface area contributed by atoms with Gasteiger partial charge in [-0.15, -0.1) is 0 Å². The highest BCUT2D eigenvalue weighted by Crippen LogP contribution is 2.19. The molecule has 0 saturated carbocycles. The minimum Gasteiger partial charge on any atom is -0.351 e. The molecule has 6 nitrogen and oxygen atoms in total. The maximum atomic E-state index is 11.2. The molecule has 2 amide bonds. The van der Waals surface area contributed by atoms with Gasteiger partial charge in [-0.3, -0.25) is 19.9 Å². The third kappa shape index (κ3) is 2.01. The number of carbonyl (C=O) groups excluding carboxylic acids is 2. The van der Waals surface area contributed by atoms with Crippen LogP contribution in [0.3, 0.4) is 0 Å². The summed E-state index contributed by atoms with van der Waals surface area (Å²) in [5.74, 6) is -0.605. The van der Waals surface area contributed by atoms with E-state index in [2.05, 4.69) is 10.3 Å². The Labute approximate surface area is 92.4 Å². The van der Waals surface area contributed by atoms with Crippen LogP contribution in [0.4, 0.5) is 5.69 Å². The third-order valence-electron chi connectivity index (χ3n) is 2.40. The average molecular weight is 220 g/mol. The van der Waals surface area contributed by atoms with Crippen LogP contribution in [0.1, 0.15) is 5.56 Å². The number of imide groups is 1. The van der Waals surface area contributed by atoms with E-state index in [1.54, 1.807) is 23.4 Å². The van der Waals surface area contributed by atoms with Crippen molar-refractivity contribution in [2.75, 3.05) is 18.0 Å². The molecule has 0 spiro atoms. The first-order valence-electron chi connectivity index (χ1n) is 4.91. The van der Waals surface area contributed by atoms with Gasteiger partial charge in [-0.2, -0.15) is 0 Å². The second kappa shape index (κ2) is 4.28. The number of hydrogen-bond donors (Lipinski definition) is 2. The molecule has 16 heavy (non-hydrogen) atoms. The summed E-state index contributed by atoms with van der Waals surface area (Å²) in [5.41, 5.74) is 7.20. The van der Waals surface area contributed by atoms with E-state index in [0.29, 0.717) is 6.54 Å². The maximum absolute atomic E-state index is 11.2. The van der Waals surface area contributed by atoms with Crippen molar-refractivity contribution in [2.45, 2.75) is 6.54 Å². The Balaban J connectivity index is 2.29. The van der Waals surface area contributed by atoms with Gasteiger partial charge in [0.15, 0.2) is 0 Å². The van der Waals surface area contributed by atoms with Gasteiger partial charge >= 0.3 is 0 Å². The number of nitrogens with one attached hydrogen (secondary N) is 1. The Morgan fingerprint density at radius 3 is 2.69 bits per heavy atom. The van der Waals surface area contributed by atoms with Gasteiger partial charge in [0, 0.05) is 12.7 Å².